The summed E-state index contributed by atoms with van der Waals surface area (Å²) in [5, 5.41) is 0. The van der Waals surface area contributed by atoms with Crippen LogP contribution in [0.1, 0.15) is 16.0 Å². The van der Waals surface area contributed by atoms with Crippen LogP contribution in [-0.2, 0) is 6.42 Å². The van der Waals surface area contributed by atoms with Crippen LogP contribution in [0.2, 0.25) is 0 Å². The van der Waals surface area contributed by atoms with E-state index < -0.39 is 0 Å². The van der Waals surface area contributed by atoms with Gasteiger partial charge in [0.25, 0.3) is 0 Å². The molecule has 1 atom stereocenters. The molecule has 112 valence electrons. The van der Waals surface area contributed by atoms with Crippen LogP contribution in [0.25, 0.3) is 0 Å². The lowest BCUT2D eigenvalue weighted by Crippen LogP contribution is -2.01. The highest BCUT2D eigenvalue weighted by Crippen LogP contribution is 2.40. The molecule has 0 saturated carbocycles. The van der Waals surface area contributed by atoms with Crippen LogP contribution in [0, 0.1) is 5.82 Å². The summed E-state index contributed by atoms with van der Waals surface area (Å²) in [7, 11) is 3.19. The quantitative estimate of drug-likeness (QED) is 0.615. The van der Waals surface area contributed by atoms with Crippen LogP contribution in [0.5, 0.6) is 11.5 Å². The summed E-state index contributed by atoms with van der Waals surface area (Å²) in [4.78, 5) is -0.0384. The lowest BCUT2D eigenvalue weighted by atomic mass is 10.0. The first-order chi connectivity index (χ1) is 10.1. The first-order valence-corrected chi connectivity index (χ1v) is 8.06. The maximum Gasteiger partial charge on any atom is 0.161 e. The molecule has 0 aliphatic rings. The molecule has 0 N–H and O–H groups in total. The maximum absolute atomic E-state index is 13.8. The Hall–Kier alpha value is -1.07. The van der Waals surface area contributed by atoms with Crippen molar-refractivity contribution < 1.29 is 13.9 Å². The summed E-state index contributed by atoms with van der Waals surface area (Å²) in [5.74, 6) is 1.10. The smallest absolute Gasteiger partial charge is 0.161 e. The highest BCUT2D eigenvalue weighted by atomic mass is 79.9. The van der Waals surface area contributed by atoms with Crippen molar-refractivity contribution in [2.45, 2.75) is 11.2 Å². The molecule has 0 heterocycles. The van der Waals surface area contributed by atoms with Crippen LogP contribution in [0.4, 0.5) is 4.39 Å². The van der Waals surface area contributed by atoms with Gasteiger partial charge in [-0.2, -0.15) is 0 Å². The monoisotopic (exact) mass is 416 g/mol. The number of hydrogen-bond donors (Lipinski definition) is 0. The lowest BCUT2D eigenvalue weighted by molar-refractivity contribution is 0.354. The topological polar surface area (TPSA) is 18.5 Å². The summed E-state index contributed by atoms with van der Waals surface area (Å²) in [6, 6.07) is 10.5. The largest absolute Gasteiger partial charge is 0.493 e. The molecule has 0 bridgehead atoms. The van der Waals surface area contributed by atoms with Crippen LogP contribution >= 0.6 is 31.9 Å². The van der Waals surface area contributed by atoms with E-state index in [-0.39, 0.29) is 10.6 Å². The second-order valence-corrected chi connectivity index (χ2v) is 6.45. The number of methoxy groups -OCH3 is 2. The summed E-state index contributed by atoms with van der Waals surface area (Å²) in [6.07, 6.45) is 0.542. The van der Waals surface area contributed by atoms with Crippen molar-refractivity contribution in [2.24, 2.45) is 0 Å². The standard InChI is InChI=1S/C16H15Br2FO2/c1-20-15-8-11(13(18)9-16(15)21-2)12(17)7-10-5-3-4-6-14(10)19/h3-6,8-9,12H,7H2,1-2H3. The molecule has 0 radical (unpaired) electrons. The Morgan fingerprint density at radius 1 is 1.10 bits per heavy atom. The number of alkyl halides is 1. The molecule has 1 unspecified atom stereocenters. The summed E-state index contributed by atoms with van der Waals surface area (Å²) < 4.78 is 25.2. The average molecular weight is 418 g/mol. The molecule has 0 aromatic heterocycles. The highest BCUT2D eigenvalue weighted by molar-refractivity contribution is 9.11. The third-order valence-electron chi connectivity index (χ3n) is 3.20. The fourth-order valence-corrected chi connectivity index (χ4v) is 3.71. The van der Waals surface area contributed by atoms with Gasteiger partial charge in [0.15, 0.2) is 11.5 Å². The number of benzene rings is 2. The predicted molar refractivity (Wildman–Crippen MR) is 89.0 cm³/mol. The SMILES string of the molecule is COc1cc(Br)c(C(Br)Cc2ccccc2F)cc1OC. The molecular formula is C16H15Br2FO2. The van der Waals surface area contributed by atoms with E-state index in [4.69, 9.17) is 9.47 Å². The molecule has 0 fully saturated rings. The van der Waals surface area contributed by atoms with E-state index in [0.29, 0.717) is 23.5 Å². The van der Waals surface area contributed by atoms with Crippen molar-refractivity contribution in [3.8, 4) is 11.5 Å². The fraction of sp³-hybridized carbons (Fsp3) is 0.250. The van der Waals surface area contributed by atoms with Gasteiger partial charge in [0.2, 0.25) is 0 Å². The molecule has 5 heteroatoms. The van der Waals surface area contributed by atoms with Gasteiger partial charge in [-0.3, -0.25) is 0 Å². The Morgan fingerprint density at radius 3 is 2.33 bits per heavy atom. The van der Waals surface area contributed by atoms with Gasteiger partial charge in [-0.25, -0.2) is 4.39 Å². The Balaban J connectivity index is 2.31. The van der Waals surface area contributed by atoms with Crippen LogP contribution in [0.3, 0.4) is 0 Å². The molecule has 0 saturated heterocycles. The van der Waals surface area contributed by atoms with E-state index in [2.05, 4.69) is 31.9 Å². The third kappa shape index (κ3) is 3.77. The van der Waals surface area contributed by atoms with E-state index >= 15 is 0 Å². The molecule has 0 aliphatic carbocycles. The summed E-state index contributed by atoms with van der Waals surface area (Å²) in [5.41, 5.74) is 1.65. The fourth-order valence-electron chi connectivity index (χ4n) is 2.08. The van der Waals surface area contributed by atoms with E-state index in [1.165, 1.54) is 6.07 Å². The highest BCUT2D eigenvalue weighted by Gasteiger charge is 2.17. The van der Waals surface area contributed by atoms with Crippen molar-refractivity contribution in [3.05, 3.63) is 57.8 Å². The zero-order valence-corrected chi connectivity index (χ0v) is 14.9. The molecule has 0 amide bonds. The summed E-state index contributed by atoms with van der Waals surface area (Å²) in [6.45, 7) is 0. The maximum atomic E-state index is 13.8. The Bertz CT molecular complexity index is 632. The Morgan fingerprint density at radius 2 is 1.71 bits per heavy atom. The van der Waals surface area contributed by atoms with Crippen LogP contribution in [-0.4, -0.2) is 14.2 Å². The molecule has 2 rings (SSSR count). The molecule has 2 nitrogen and oxygen atoms in total. The van der Waals surface area contributed by atoms with Crippen LogP contribution < -0.4 is 9.47 Å². The van der Waals surface area contributed by atoms with E-state index in [1.54, 1.807) is 26.4 Å². The second kappa shape index (κ2) is 7.27. The molecule has 0 aliphatic heterocycles. The van der Waals surface area contributed by atoms with Gasteiger partial charge in [0, 0.05) is 9.30 Å². The lowest BCUT2D eigenvalue weighted by Gasteiger charge is -2.16. The van der Waals surface area contributed by atoms with E-state index in [0.717, 1.165) is 10.0 Å². The van der Waals surface area contributed by atoms with Crippen molar-refractivity contribution in [1.82, 2.24) is 0 Å². The third-order valence-corrected chi connectivity index (χ3v) is 4.70. The molecule has 2 aromatic carbocycles. The predicted octanol–water partition coefficient (Wildman–Crippen LogP) is 5.28. The van der Waals surface area contributed by atoms with Crippen molar-refractivity contribution in [3.63, 3.8) is 0 Å². The number of halogens is 3. The van der Waals surface area contributed by atoms with Gasteiger partial charge in [-0.1, -0.05) is 50.1 Å². The van der Waals surface area contributed by atoms with Crippen LogP contribution in [0.15, 0.2) is 40.9 Å². The number of rotatable bonds is 5. The van der Waals surface area contributed by atoms with Gasteiger partial charge >= 0.3 is 0 Å². The normalized spacial score (nSPS) is 12.0. The minimum absolute atomic E-state index is 0.0384. The zero-order valence-electron chi connectivity index (χ0n) is 11.7. The first kappa shape index (κ1) is 16.3. The minimum atomic E-state index is -0.196. The van der Waals surface area contributed by atoms with Crippen molar-refractivity contribution in [2.75, 3.05) is 14.2 Å². The van der Waals surface area contributed by atoms with E-state index in [9.17, 15) is 4.39 Å². The zero-order chi connectivity index (χ0) is 15.4. The number of ether oxygens (including phenoxy) is 2. The van der Waals surface area contributed by atoms with Gasteiger partial charge in [-0.15, -0.1) is 0 Å². The summed E-state index contributed by atoms with van der Waals surface area (Å²) >= 11 is 7.15. The van der Waals surface area contributed by atoms with Gasteiger partial charge < -0.3 is 9.47 Å². The first-order valence-electron chi connectivity index (χ1n) is 6.35. The number of hydrogen-bond acceptors (Lipinski definition) is 2. The van der Waals surface area contributed by atoms with Crippen molar-refractivity contribution in [1.29, 1.82) is 0 Å². The van der Waals surface area contributed by atoms with Crippen molar-refractivity contribution >= 4 is 31.9 Å². The molecule has 21 heavy (non-hydrogen) atoms. The molecular weight excluding hydrogens is 403 g/mol. The molecule has 0 spiro atoms. The molecule has 2 aromatic rings. The Kier molecular flexibility index (Phi) is 5.65. The van der Waals surface area contributed by atoms with E-state index in [1.807, 2.05) is 18.2 Å². The van der Waals surface area contributed by atoms with Gasteiger partial charge in [0.05, 0.1) is 14.2 Å². The second-order valence-electron chi connectivity index (χ2n) is 4.49. The van der Waals surface area contributed by atoms with Gasteiger partial charge in [-0.05, 0) is 35.7 Å². The average Bonchev–Trinajstić information content (AvgIpc) is 2.49. The Labute approximate surface area is 140 Å². The van der Waals surface area contributed by atoms with Gasteiger partial charge in [0.1, 0.15) is 5.82 Å². The minimum Gasteiger partial charge on any atom is -0.493 e.